The van der Waals surface area contributed by atoms with E-state index >= 15 is 0 Å². The molecule has 14 heavy (non-hydrogen) atoms. The molecule has 0 amide bonds. The fourth-order valence-electron chi connectivity index (χ4n) is 1.53. The smallest absolute Gasteiger partial charge is 0.0457 e. The van der Waals surface area contributed by atoms with Gasteiger partial charge in [-0.15, -0.1) is 12.4 Å². The normalized spacial score (nSPS) is 12.4. The first-order chi connectivity index (χ1) is 6.31. The zero-order valence-electron chi connectivity index (χ0n) is 8.16. The van der Waals surface area contributed by atoms with E-state index in [0.717, 1.165) is 6.42 Å². The number of benzene rings is 1. The van der Waals surface area contributed by atoms with Crippen LogP contribution in [0.5, 0.6) is 0 Å². The fourth-order valence-corrected chi connectivity index (χ4v) is 1.53. The van der Waals surface area contributed by atoms with Gasteiger partial charge in [0.1, 0.15) is 0 Å². The van der Waals surface area contributed by atoms with E-state index < -0.39 is 0 Å². The van der Waals surface area contributed by atoms with Gasteiger partial charge in [-0.1, -0.05) is 19.1 Å². The van der Waals surface area contributed by atoms with Crippen LogP contribution in [0.2, 0.25) is 0 Å². The summed E-state index contributed by atoms with van der Waals surface area (Å²) in [6.07, 6.45) is 2.93. The van der Waals surface area contributed by atoms with Crippen LogP contribution in [0.4, 0.5) is 0 Å². The second kappa shape index (κ2) is 4.49. The van der Waals surface area contributed by atoms with Crippen LogP contribution in [0.15, 0.2) is 30.5 Å². The molecule has 1 aromatic heterocycles. The summed E-state index contributed by atoms with van der Waals surface area (Å²) in [7, 11) is 0. The molecule has 2 aromatic rings. The Kier molecular flexibility index (Phi) is 3.55. The average Bonchev–Trinajstić information content (AvgIpc) is 2.63. The Labute approximate surface area is 89.9 Å². The van der Waals surface area contributed by atoms with Gasteiger partial charge in [0.2, 0.25) is 0 Å². The Balaban J connectivity index is 0.000000980. The van der Waals surface area contributed by atoms with E-state index in [1.54, 1.807) is 0 Å². The number of halogens is 1. The molecule has 76 valence electrons. The van der Waals surface area contributed by atoms with Gasteiger partial charge in [-0.3, -0.25) is 0 Å². The Morgan fingerprint density at radius 1 is 1.36 bits per heavy atom. The zero-order valence-corrected chi connectivity index (χ0v) is 8.97. The van der Waals surface area contributed by atoms with Gasteiger partial charge in [0.15, 0.2) is 0 Å². The third-order valence-corrected chi connectivity index (χ3v) is 2.45. The first-order valence-electron chi connectivity index (χ1n) is 4.64. The molecule has 1 aromatic carbocycles. The van der Waals surface area contributed by atoms with Crippen molar-refractivity contribution in [3.8, 4) is 0 Å². The maximum Gasteiger partial charge on any atom is 0.0457 e. The van der Waals surface area contributed by atoms with Crippen LogP contribution in [0.25, 0.3) is 10.9 Å². The highest BCUT2D eigenvalue weighted by molar-refractivity contribution is 5.85. The van der Waals surface area contributed by atoms with Crippen molar-refractivity contribution in [2.24, 2.45) is 5.73 Å². The molecule has 2 rings (SSSR count). The molecule has 0 saturated carbocycles. The molecule has 2 nitrogen and oxygen atoms in total. The molecular weight excluding hydrogens is 196 g/mol. The van der Waals surface area contributed by atoms with Gasteiger partial charge >= 0.3 is 0 Å². The van der Waals surface area contributed by atoms with Crippen molar-refractivity contribution in [3.05, 3.63) is 36.0 Å². The molecule has 0 radical (unpaired) electrons. The largest absolute Gasteiger partial charge is 0.361 e. The van der Waals surface area contributed by atoms with Gasteiger partial charge < -0.3 is 10.7 Å². The highest BCUT2D eigenvalue weighted by Crippen LogP contribution is 2.19. The minimum atomic E-state index is 0. The highest BCUT2D eigenvalue weighted by Gasteiger charge is 2.03. The summed E-state index contributed by atoms with van der Waals surface area (Å²) in [6, 6.07) is 8.56. The predicted molar refractivity (Wildman–Crippen MR) is 62.8 cm³/mol. The molecule has 0 aliphatic carbocycles. The molecule has 1 atom stereocenters. The summed E-state index contributed by atoms with van der Waals surface area (Å²) in [5, 5.41) is 1.24. The van der Waals surface area contributed by atoms with E-state index in [1.165, 1.54) is 16.5 Å². The quantitative estimate of drug-likeness (QED) is 0.786. The van der Waals surface area contributed by atoms with E-state index in [2.05, 4.69) is 36.2 Å². The monoisotopic (exact) mass is 210 g/mol. The molecule has 0 aliphatic heterocycles. The van der Waals surface area contributed by atoms with E-state index in [4.69, 9.17) is 5.73 Å². The Morgan fingerprint density at radius 3 is 2.86 bits per heavy atom. The summed E-state index contributed by atoms with van der Waals surface area (Å²) < 4.78 is 0. The first-order valence-corrected chi connectivity index (χ1v) is 4.64. The van der Waals surface area contributed by atoms with Crippen molar-refractivity contribution in [1.29, 1.82) is 0 Å². The first kappa shape index (κ1) is 11.1. The van der Waals surface area contributed by atoms with Crippen molar-refractivity contribution in [3.63, 3.8) is 0 Å². The standard InChI is InChI=1S/C11H14N2.ClH/c1-2-10(12)9-4-3-8-5-6-13-11(8)7-9;/h3-7,10,13H,2,12H2,1H3;1H/t10-;/m1./s1. The van der Waals surface area contributed by atoms with Crippen molar-refractivity contribution in [2.75, 3.05) is 0 Å². The van der Waals surface area contributed by atoms with Gasteiger partial charge in [-0.05, 0) is 29.5 Å². The number of aromatic nitrogens is 1. The Hall–Kier alpha value is -0.990. The van der Waals surface area contributed by atoms with E-state index in [-0.39, 0.29) is 18.4 Å². The van der Waals surface area contributed by atoms with Crippen molar-refractivity contribution < 1.29 is 0 Å². The maximum atomic E-state index is 5.94. The summed E-state index contributed by atoms with van der Waals surface area (Å²) in [6.45, 7) is 2.10. The SMILES string of the molecule is CC[C@@H](N)c1ccc2cc[nH]c2c1.Cl. The molecule has 0 fully saturated rings. The van der Waals surface area contributed by atoms with Crippen LogP contribution in [0.3, 0.4) is 0 Å². The molecule has 0 unspecified atom stereocenters. The molecule has 3 heteroatoms. The van der Waals surface area contributed by atoms with Crippen molar-refractivity contribution >= 4 is 23.3 Å². The van der Waals surface area contributed by atoms with Crippen molar-refractivity contribution in [2.45, 2.75) is 19.4 Å². The van der Waals surface area contributed by atoms with Gasteiger partial charge in [0, 0.05) is 17.8 Å². The fraction of sp³-hybridized carbons (Fsp3) is 0.273. The highest BCUT2D eigenvalue weighted by atomic mass is 35.5. The van der Waals surface area contributed by atoms with Gasteiger partial charge in [-0.2, -0.15) is 0 Å². The lowest BCUT2D eigenvalue weighted by molar-refractivity contribution is 0.699. The van der Waals surface area contributed by atoms with Crippen LogP contribution >= 0.6 is 12.4 Å². The summed E-state index contributed by atoms with van der Waals surface area (Å²) in [5.74, 6) is 0. The minimum absolute atomic E-state index is 0. The van der Waals surface area contributed by atoms with E-state index in [1.807, 2.05) is 6.20 Å². The van der Waals surface area contributed by atoms with Crippen LogP contribution in [0.1, 0.15) is 24.9 Å². The number of fused-ring (bicyclic) bond motifs is 1. The van der Waals surface area contributed by atoms with Crippen LogP contribution in [0, 0.1) is 0 Å². The second-order valence-corrected chi connectivity index (χ2v) is 3.34. The molecule has 1 heterocycles. The minimum Gasteiger partial charge on any atom is -0.361 e. The summed E-state index contributed by atoms with van der Waals surface area (Å²) in [4.78, 5) is 3.18. The predicted octanol–water partition coefficient (Wildman–Crippen LogP) is 3.00. The zero-order chi connectivity index (χ0) is 9.26. The molecule has 0 saturated heterocycles. The number of nitrogens with one attached hydrogen (secondary N) is 1. The number of rotatable bonds is 2. The topological polar surface area (TPSA) is 41.8 Å². The van der Waals surface area contributed by atoms with Crippen LogP contribution in [-0.2, 0) is 0 Å². The lowest BCUT2D eigenvalue weighted by atomic mass is 10.0. The van der Waals surface area contributed by atoms with Gasteiger partial charge in [-0.25, -0.2) is 0 Å². The molecular formula is C11H15ClN2. The van der Waals surface area contributed by atoms with Crippen LogP contribution < -0.4 is 5.73 Å². The number of nitrogens with two attached hydrogens (primary N) is 1. The molecule has 0 bridgehead atoms. The number of aromatic amines is 1. The van der Waals surface area contributed by atoms with E-state index in [9.17, 15) is 0 Å². The number of H-pyrrole nitrogens is 1. The van der Waals surface area contributed by atoms with Crippen LogP contribution in [-0.4, -0.2) is 4.98 Å². The summed E-state index contributed by atoms with van der Waals surface area (Å²) in [5.41, 5.74) is 8.31. The molecule has 0 aliphatic rings. The lowest BCUT2D eigenvalue weighted by Gasteiger charge is -2.08. The maximum absolute atomic E-state index is 5.94. The average molecular weight is 211 g/mol. The third-order valence-electron chi connectivity index (χ3n) is 2.45. The number of hydrogen-bond donors (Lipinski definition) is 2. The Morgan fingerprint density at radius 2 is 2.14 bits per heavy atom. The Bertz CT molecular complexity index is 408. The summed E-state index contributed by atoms with van der Waals surface area (Å²) >= 11 is 0. The molecule has 3 N–H and O–H groups in total. The van der Waals surface area contributed by atoms with Crippen molar-refractivity contribution in [1.82, 2.24) is 4.98 Å². The number of hydrogen-bond acceptors (Lipinski definition) is 1. The third kappa shape index (κ3) is 1.91. The van der Waals surface area contributed by atoms with Gasteiger partial charge in [0.05, 0.1) is 0 Å². The molecule has 0 spiro atoms. The second-order valence-electron chi connectivity index (χ2n) is 3.34. The van der Waals surface area contributed by atoms with Gasteiger partial charge in [0.25, 0.3) is 0 Å². The van der Waals surface area contributed by atoms with E-state index in [0.29, 0.717) is 0 Å². The lowest BCUT2D eigenvalue weighted by Crippen LogP contribution is -2.08.